The fourth-order valence-electron chi connectivity index (χ4n) is 3.08. The molecule has 0 fully saturated rings. The Morgan fingerprint density at radius 3 is 1.90 bits per heavy atom. The number of benzene rings is 3. The minimum absolute atomic E-state index is 0.0823. The Morgan fingerprint density at radius 2 is 1.43 bits per heavy atom. The van der Waals surface area contributed by atoms with Crippen LogP contribution < -0.4 is 10.1 Å². The van der Waals surface area contributed by atoms with Gasteiger partial charge in [0, 0.05) is 20.0 Å². The van der Waals surface area contributed by atoms with Crippen LogP contribution in [0.3, 0.4) is 0 Å². The molecule has 30 heavy (non-hydrogen) atoms. The van der Waals surface area contributed by atoms with Crippen molar-refractivity contribution >= 4 is 21.6 Å². The van der Waals surface area contributed by atoms with E-state index in [-0.39, 0.29) is 23.9 Å². The molecule has 1 amide bonds. The maximum Gasteiger partial charge on any atom is 0.243 e. The van der Waals surface area contributed by atoms with E-state index < -0.39 is 10.0 Å². The maximum atomic E-state index is 13.6. The monoisotopic (exact) mass is 424 g/mol. The first kappa shape index (κ1) is 21.5. The van der Waals surface area contributed by atoms with E-state index in [4.69, 9.17) is 4.74 Å². The molecule has 3 aromatic rings. The summed E-state index contributed by atoms with van der Waals surface area (Å²) >= 11 is 0. The number of carbonyl (C=O) groups excluding carboxylic acids is 1. The third-order valence-electron chi connectivity index (χ3n) is 4.52. The molecule has 0 aliphatic carbocycles. The average Bonchev–Trinajstić information content (AvgIpc) is 2.74. The molecule has 0 saturated heterocycles. The number of sulfonamides is 1. The Hall–Kier alpha value is -3.16. The van der Waals surface area contributed by atoms with Gasteiger partial charge in [-0.05, 0) is 29.3 Å². The van der Waals surface area contributed by atoms with E-state index in [2.05, 4.69) is 5.32 Å². The highest BCUT2D eigenvalue weighted by Gasteiger charge is 2.26. The quantitative estimate of drug-likeness (QED) is 0.592. The Morgan fingerprint density at radius 1 is 0.900 bits per heavy atom. The van der Waals surface area contributed by atoms with Crippen molar-refractivity contribution in [2.24, 2.45) is 0 Å². The Balaban J connectivity index is 2.01. The minimum Gasteiger partial charge on any atom is -0.495 e. The number of rotatable bonds is 8. The number of nitrogens with one attached hydrogen (secondary N) is 1. The van der Waals surface area contributed by atoms with Crippen LogP contribution >= 0.6 is 0 Å². The van der Waals surface area contributed by atoms with Crippen LogP contribution in [0.15, 0.2) is 83.8 Å². The van der Waals surface area contributed by atoms with Crippen molar-refractivity contribution in [3.63, 3.8) is 0 Å². The first-order valence-corrected chi connectivity index (χ1v) is 10.9. The number of amides is 1. The molecule has 0 spiro atoms. The number of nitrogens with zero attached hydrogens (tertiary/aromatic N) is 1. The largest absolute Gasteiger partial charge is 0.495 e. The number of hydrogen-bond acceptors (Lipinski definition) is 4. The fourth-order valence-corrected chi connectivity index (χ4v) is 4.53. The van der Waals surface area contributed by atoms with Gasteiger partial charge in [0.1, 0.15) is 5.75 Å². The molecule has 0 aromatic heterocycles. The maximum absolute atomic E-state index is 13.6. The van der Waals surface area contributed by atoms with Crippen molar-refractivity contribution in [2.75, 3.05) is 12.4 Å². The van der Waals surface area contributed by atoms with Crippen molar-refractivity contribution in [3.8, 4) is 5.75 Å². The highest BCUT2D eigenvalue weighted by Crippen LogP contribution is 2.30. The lowest BCUT2D eigenvalue weighted by molar-refractivity contribution is -0.114. The van der Waals surface area contributed by atoms with Crippen LogP contribution in [0.1, 0.15) is 18.1 Å². The molecule has 0 atom stereocenters. The van der Waals surface area contributed by atoms with Gasteiger partial charge in [0.15, 0.2) is 0 Å². The first-order valence-electron chi connectivity index (χ1n) is 9.44. The normalized spacial score (nSPS) is 11.3. The van der Waals surface area contributed by atoms with Crippen LogP contribution in [0, 0.1) is 0 Å². The second-order valence-electron chi connectivity index (χ2n) is 6.79. The van der Waals surface area contributed by atoms with E-state index >= 15 is 0 Å². The van der Waals surface area contributed by atoms with Gasteiger partial charge in [0.2, 0.25) is 15.9 Å². The third kappa shape index (κ3) is 5.25. The summed E-state index contributed by atoms with van der Waals surface area (Å²) in [4.78, 5) is 11.6. The Bertz CT molecular complexity index is 1060. The summed E-state index contributed by atoms with van der Waals surface area (Å²) in [5.41, 5.74) is 2.07. The Kier molecular flexibility index (Phi) is 6.87. The summed E-state index contributed by atoms with van der Waals surface area (Å²) in [6.07, 6.45) is 0. The number of carbonyl (C=O) groups is 1. The first-order chi connectivity index (χ1) is 14.4. The van der Waals surface area contributed by atoms with Gasteiger partial charge in [-0.1, -0.05) is 60.7 Å². The molecule has 0 saturated carbocycles. The summed E-state index contributed by atoms with van der Waals surface area (Å²) in [5, 5.41) is 2.63. The van der Waals surface area contributed by atoms with E-state index in [1.807, 2.05) is 60.7 Å². The molecule has 7 heteroatoms. The molecule has 0 radical (unpaired) electrons. The number of ether oxygens (including phenoxy) is 1. The molecule has 0 aliphatic rings. The van der Waals surface area contributed by atoms with Gasteiger partial charge in [-0.2, -0.15) is 4.31 Å². The van der Waals surface area contributed by atoms with E-state index in [1.165, 1.54) is 30.5 Å². The second-order valence-corrected chi connectivity index (χ2v) is 8.73. The van der Waals surface area contributed by atoms with Gasteiger partial charge < -0.3 is 10.1 Å². The number of hydrogen-bond donors (Lipinski definition) is 1. The average molecular weight is 425 g/mol. The summed E-state index contributed by atoms with van der Waals surface area (Å²) in [5.74, 6) is 0.0788. The van der Waals surface area contributed by atoms with Crippen LogP contribution in [0.4, 0.5) is 5.69 Å². The van der Waals surface area contributed by atoms with Gasteiger partial charge in [-0.15, -0.1) is 0 Å². The number of anilines is 1. The highest BCUT2D eigenvalue weighted by atomic mass is 32.2. The predicted octanol–water partition coefficient (Wildman–Crippen LogP) is 4.04. The predicted molar refractivity (Wildman–Crippen MR) is 117 cm³/mol. The minimum atomic E-state index is -3.85. The summed E-state index contributed by atoms with van der Waals surface area (Å²) in [6.45, 7) is 1.80. The van der Waals surface area contributed by atoms with Crippen molar-refractivity contribution in [1.29, 1.82) is 0 Å². The zero-order chi connectivity index (χ0) is 21.6. The van der Waals surface area contributed by atoms with Crippen LogP contribution in [-0.2, 0) is 27.9 Å². The molecular formula is C23H24N2O4S. The molecule has 0 heterocycles. The van der Waals surface area contributed by atoms with E-state index in [9.17, 15) is 13.2 Å². The van der Waals surface area contributed by atoms with Gasteiger partial charge in [-0.3, -0.25) is 4.79 Å². The SMILES string of the molecule is COc1ccc(S(=O)(=O)N(Cc2ccccc2)Cc2ccccc2)cc1NC(C)=O. The van der Waals surface area contributed by atoms with Crippen molar-refractivity contribution in [2.45, 2.75) is 24.9 Å². The molecule has 3 aromatic carbocycles. The van der Waals surface area contributed by atoms with E-state index in [0.29, 0.717) is 11.4 Å². The Labute approximate surface area is 177 Å². The van der Waals surface area contributed by atoms with Crippen molar-refractivity contribution in [3.05, 3.63) is 90.0 Å². The van der Waals surface area contributed by atoms with E-state index in [1.54, 1.807) is 6.07 Å². The molecule has 3 rings (SSSR count). The summed E-state index contributed by atoms with van der Waals surface area (Å²) < 4.78 is 33.8. The van der Waals surface area contributed by atoms with Gasteiger partial charge in [-0.25, -0.2) is 8.42 Å². The van der Waals surface area contributed by atoms with Gasteiger partial charge in [0.25, 0.3) is 0 Å². The lowest BCUT2D eigenvalue weighted by atomic mass is 10.2. The lowest BCUT2D eigenvalue weighted by Crippen LogP contribution is -2.30. The fraction of sp³-hybridized carbons (Fsp3) is 0.174. The van der Waals surface area contributed by atoms with Crippen LogP contribution in [0.25, 0.3) is 0 Å². The molecule has 0 bridgehead atoms. The molecule has 0 unspecified atom stereocenters. The van der Waals surface area contributed by atoms with Crippen LogP contribution in [-0.4, -0.2) is 25.7 Å². The molecule has 156 valence electrons. The zero-order valence-corrected chi connectivity index (χ0v) is 17.7. The summed E-state index contributed by atoms with van der Waals surface area (Å²) in [6, 6.07) is 23.3. The van der Waals surface area contributed by atoms with Gasteiger partial charge >= 0.3 is 0 Å². The zero-order valence-electron chi connectivity index (χ0n) is 16.9. The van der Waals surface area contributed by atoms with Gasteiger partial charge in [0.05, 0.1) is 17.7 Å². The topological polar surface area (TPSA) is 75.7 Å². The molecule has 1 N–H and O–H groups in total. The lowest BCUT2D eigenvalue weighted by Gasteiger charge is -2.23. The van der Waals surface area contributed by atoms with Crippen LogP contribution in [0.2, 0.25) is 0 Å². The molecule has 0 aliphatic heterocycles. The molecule has 6 nitrogen and oxygen atoms in total. The van der Waals surface area contributed by atoms with Crippen molar-refractivity contribution < 1.29 is 17.9 Å². The third-order valence-corrected chi connectivity index (χ3v) is 6.31. The van der Waals surface area contributed by atoms with Crippen molar-refractivity contribution in [1.82, 2.24) is 4.31 Å². The smallest absolute Gasteiger partial charge is 0.243 e. The van der Waals surface area contributed by atoms with E-state index in [0.717, 1.165) is 11.1 Å². The number of methoxy groups -OCH3 is 1. The highest BCUT2D eigenvalue weighted by molar-refractivity contribution is 7.89. The molecular weight excluding hydrogens is 400 g/mol. The standard InChI is InChI=1S/C23H24N2O4S/c1-18(26)24-22-15-21(13-14-23(22)29-2)30(27,28)25(16-19-9-5-3-6-10-19)17-20-11-7-4-8-12-20/h3-15H,16-17H2,1-2H3,(H,24,26). The van der Waals surface area contributed by atoms with Crippen LogP contribution in [0.5, 0.6) is 5.75 Å². The summed E-state index contributed by atoms with van der Waals surface area (Å²) in [7, 11) is -2.39. The second kappa shape index (κ2) is 9.56.